The van der Waals surface area contributed by atoms with Gasteiger partial charge in [-0.15, -0.1) is 0 Å². The molecule has 0 aromatic heterocycles. The van der Waals surface area contributed by atoms with Crippen molar-refractivity contribution >= 4 is 9.84 Å². The summed E-state index contributed by atoms with van der Waals surface area (Å²) in [5.41, 5.74) is 5.18. The molecule has 72 valence electrons. The number of hydrogen-bond acceptors (Lipinski definition) is 3. The van der Waals surface area contributed by atoms with Crippen molar-refractivity contribution in [1.29, 1.82) is 0 Å². The van der Waals surface area contributed by atoms with Crippen LogP contribution in [-0.2, 0) is 9.84 Å². The SMILES string of the molecule is NCCC(F)C1CCS(=O)(=O)C1. The Morgan fingerprint density at radius 2 is 2.25 bits per heavy atom. The van der Waals surface area contributed by atoms with Gasteiger partial charge in [0.1, 0.15) is 6.17 Å². The molecule has 3 nitrogen and oxygen atoms in total. The summed E-state index contributed by atoms with van der Waals surface area (Å²) in [7, 11) is -2.94. The van der Waals surface area contributed by atoms with Crippen LogP contribution in [0.25, 0.3) is 0 Å². The molecule has 0 radical (unpaired) electrons. The summed E-state index contributed by atoms with van der Waals surface area (Å²) in [4.78, 5) is 0. The van der Waals surface area contributed by atoms with Crippen LogP contribution in [0, 0.1) is 5.92 Å². The first-order valence-electron chi connectivity index (χ1n) is 4.10. The number of nitrogens with two attached hydrogens (primary N) is 1. The maximum Gasteiger partial charge on any atom is 0.150 e. The molecule has 12 heavy (non-hydrogen) atoms. The molecule has 1 fully saturated rings. The number of halogens is 1. The lowest BCUT2D eigenvalue weighted by atomic mass is 10.0. The highest BCUT2D eigenvalue weighted by molar-refractivity contribution is 7.91. The van der Waals surface area contributed by atoms with Gasteiger partial charge in [-0.05, 0) is 19.4 Å². The molecule has 1 heterocycles. The van der Waals surface area contributed by atoms with Crippen LogP contribution in [0.15, 0.2) is 0 Å². The molecule has 2 atom stereocenters. The Morgan fingerprint density at radius 1 is 1.58 bits per heavy atom. The lowest BCUT2D eigenvalue weighted by molar-refractivity contribution is 0.234. The fourth-order valence-corrected chi connectivity index (χ4v) is 3.36. The van der Waals surface area contributed by atoms with Gasteiger partial charge in [0.15, 0.2) is 9.84 Å². The molecule has 1 saturated heterocycles. The molecule has 0 aromatic carbocycles. The van der Waals surface area contributed by atoms with E-state index in [4.69, 9.17) is 5.73 Å². The molecule has 2 N–H and O–H groups in total. The Balaban J connectivity index is 2.46. The smallest absolute Gasteiger partial charge is 0.150 e. The normalized spacial score (nSPS) is 30.3. The Hall–Kier alpha value is -0.160. The summed E-state index contributed by atoms with van der Waals surface area (Å²) >= 11 is 0. The van der Waals surface area contributed by atoms with Gasteiger partial charge in [0.25, 0.3) is 0 Å². The van der Waals surface area contributed by atoms with E-state index in [0.717, 1.165) is 0 Å². The summed E-state index contributed by atoms with van der Waals surface area (Å²) in [5, 5.41) is 0. The summed E-state index contributed by atoms with van der Waals surface area (Å²) < 4.78 is 35.0. The molecule has 0 aromatic rings. The monoisotopic (exact) mass is 195 g/mol. The zero-order valence-corrected chi connectivity index (χ0v) is 7.69. The Bertz CT molecular complexity index is 240. The zero-order valence-electron chi connectivity index (χ0n) is 6.87. The Morgan fingerprint density at radius 3 is 2.67 bits per heavy atom. The number of rotatable bonds is 3. The van der Waals surface area contributed by atoms with Crippen molar-refractivity contribution in [3.05, 3.63) is 0 Å². The van der Waals surface area contributed by atoms with Crippen LogP contribution in [0.5, 0.6) is 0 Å². The van der Waals surface area contributed by atoms with E-state index in [-0.39, 0.29) is 30.4 Å². The summed E-state index contributed by atoms with van der Waals surface area (Å²) in [5.74, 6) is -0.157. The highest BCUT2D eigenvalue weighted by Gasteiger charge is 2.33. The number of alkyl halides is 1. The van der Waals surface area contributed by atoms with Gasteiger partial charge in [-0.3, -0.25) is 0 Å². The van der Waals surface area contributed by atoms with Crippen LogP contribution in [0.2, 0.25) is 0 Å². The van der Waals surface area contributed by atoms with Gasteiger partial charge in [-0.2, -0.15) is 0 Å². The molecule has 1 rings (SSSR count). The standard InChI is InChI=1S/C7H14FNO2S/c8-7(1-3-9)6-2-4-12(10,11)5-6/h6-7H,1-5,9H2. The van der Waals surface area contributed by atoms with E-state index in [9.17, 15) is 12.8 Å². The van der Waals surface area contributed by atoms with Crippen LogP contribution >= 0.6 is 0 Å². The summed E-state index contributed by atoms with van der Waals surface area (Å²) in [6.07, 6.45) is -0.295. The van der Waals surface area contributed by atoms with Crippen LogP contribution < -0.4 is 5.73 Å². The maximum atomic E-state index is 13.1. The zero-order chi connectivity index (χ0) is 9.19. The second-order valence-corrected chi connectivity index (χ2v) is 5.49. The van der Waals surface area contributed by atoms with Crippen molar-refractivity contribution < 1.29 is 12.8 Å². The third-order valence-corrected chi connectivity index (χ3v) is 4.02. The minimum atomic E-state index is -2.94. The van der Waals surface area contributed by atoms with Crippen molar-refractivity contribution in [2.75, 3.05) is 18.1 Å². The average molecular weight is 195 g/mol. The van der Waals surface area contributed by atoms with Gasteiger partial charge in [0.05, 0.1) is 11.5 Å². The highest BCUT2D eigenvalue weighted by Crippen LogP contribution is 2.25. The van der Waals surface area contributed by atoms with Gasteiger partial charge in [0, 0.05) is 5.92 Å². The molecule has 0 amide bonds. The third-order valence-electron chi connectivity index (χ3n) is 2.22. The summed E-state index contributed by atoms with van der Waals surface area (Å²) in [6.45, 7) is 0.289. The van der Waals surface area contributed by atoms with Gasteiger partial charge in [-0.1, -0.05) is 0 Å². The fraction of sp³-hybridized carbons (Fsp3) is 1.00. The van der Waals surface area contributed by atoms with Crippen molar-refractivity contribution in [3.63, 3.8) is 0 Å². The van der Waals surface area contributed by atoms with E-state index in [0.29, 0.717) is 6.42 Å². The second-order valence-electron chi connectivity index (χ2n) is 3.26. The molecular weight excluding hydrogens is 181 g/mol. The van der Waals surface area contributed by atoms with E-state index in [1.165, 1.54) is 0 Å². The molecule has 0 spiro atoms. The molecule has 0 aliphatic carbocycles. The third kappa shape index (κ3) is 2.42. The fourth-order valence-electron chi connectivity index (χ4n) is 1.50. The van der Waals surface area contributed by atoms with Crippen LogP contribution in [0.1, 0.15) is 12.8 Å². The molecule has 1 aliphatic heterocycles. The molecule has 0 bridgehead atoms. The van der Waals surface area contributed by atoms with E-state index in [1.54, 1.807) is 0 Å². The predicted molar refractivity (Wildman–Crippen MR) is 45.3 cm³/mol. The van der Waals surface area contributed by atoms with E-state index >= 15 is 0 Å². The molecule has 0 saturated carbocycles. The van der Waals surface area contributed by atoms with E-state index in [2.05, 4.69) is 0 Å². The van der Waals surface area contributed by atoms with Crippen LogP contribution in [0.3, 0.4) is 0 Å². The molecule has 5 heteroatoms. The minimum absolute atomic E-state index is 0.00810. The average Bonchev–Trinajstić information content (AvgIpc) is 2.31. The number of hydrogen-bond donors (Lipinski definition) is 1. The van der Waals surface area contributed by atoms with Gasteiger partial charge < -0.3 is 5.73 Å². The predicted octanol–water partition coefficient (Wildman–Crippen LogP) is 0.108. The summed E-state index contributed by atoms with van der Waals surface area (Å²) in [6, 6.07) is 0. The lowest BCUT2D eigenvalue weighted by Gasteiger charge is -2.11. The first-order chi connectivity index (χ1) is 5.55. The van der Waals surface area contributed by atoms with E-state index in [1.807, 2.05) is 0 Å². The van der Waals surface area contributed by atoms with Gasteiger partial charge in [-0.25, -0.2) is 12.8 Å². The minimum Gasteiger partial charge on any atom is -0.330 e. The van der Waals surface area contributed by atoms with Gasteiger partial charge >= 0.3 is 0 Å². The van der Waals surface area contributed by atoms with Crippen LogP contribution in [0.4, 0.5) is 4.39 Å². The lowest BCUT2D eigenvalue weighted by Crippen LogP contribution is -2.20. The second kappa shape index (κ2) is 3.70. The van der Waals surface area contributed by atoms with Crippen molar-refractivity contribution in [1.82, 2.24) is 0 Å². The van der Waals surface area contributed by atoms with Crippen LogP contribution in [-0.4, -0.2) is 32.6 Å². The largest absolute Gasteiger partial charge is 0.330 e. The molecule has 1 aliphatic rings. The first-order valence-corrected chi connectivity index (χ1v) is 5.92. The molecule has 2 unspecified atom stereocenters. The maximum absolute atomic E-state index is 13.1. The Labute approximate surface area is 72.1 Å². The Kier molecular flexibility index (Phi) is 3.06. The first kappa shape index (κ1) is 9.92. The quantitative estimate of drug-likeness (QED) is 0.695. The number of sulfone groups is 1. The van der Waals surface area contributed by atoms with E-state index < -0.39 is 16.0 Å². The van der Waals surface area contributed by atoms with Gasteiger partial charge in [0.2, 0.25) is 0 Å². The molecular formula is C7H14FNO2S. The van der Waals surface area contributed by atoms with Crippen molar-refractivity contribution in [2.24, 2.45) is 11.7 Å². The topological polar surface area (TPSA) is 60.2 Å². The van der Waals surface area contributed by atoms with Crippen molar-refractivity contribution in [2.45, 2.75) is 19.0 Å². The van der Waals surface area contributed by atoms with Crippen molar-refractivity contribution in [3.8, 4) is 0 Å². The highest BCUT2D eigenvalue weighted by atomic mass is 32.2.